The lowest BCUT2D eigenvalue weighted by atomic mass is 9.86. The van der Waals surface area contributed by atoms with Crippen molar-refractivity contribution in [2.45, 2.75) is 258 Å². The number of nitrogens with one attached hydrogen (secondary N) is 7. The van der Waals surface area contributed by atoms with E-state index in [2.05, 4.69) is 96.6 Å². The number of aliphatic carboxylic acids is 3. The number of carbonyl (C=O) groups excluding carboxylic acids is 4. The Morgan fingerprint density at radius 1 is 0.711 bits per heavy atom. The van der Waals surface area contributed by atoms with E-state index in [1.807, 2.05) is 107 Å². The predicted molar refractivity (Wildman–Crippen MR) is 519 cm³/mol. The van der Waals surface area contributed by atoms with Crippen LogP contribution in [0.15, 0.2) is 129 Å². The van der Waals surface area contributed by atoms with E-state index in [0.717, 1.165) is 68.2 Å². The highest BCUT2D eigenvalue weighted by atomic mass is 19.3. The minimum atomic E-state index is -3.70. The van der Waals surface area contributed by atoms with Crippen LogP contribution >= 0.6 is 0 Å². The van der Waals surface area contributed by atoms with E-state index in [1.165, 1.54) is 24.4 Å². The van der Waals surface area contributed by atoms with Crippen LogP contribution in [0.25, 0.3) is 33.5 Å². The molecule has 2 fully saturated rings. The van der Waals surface area contributed by atoms with E-state index in [9.17, 15) is 87.4 Å². The van der Waals surface area contributed by atoms with Gasteiger partial charge in [0.1, 0.15) is 66.3 Å². The number of ketones is 1. The fourth-order valence-electron chi connectivity index (χ4n) is 16.2. The largest absolute Gasteiger partial charge is 0.491 e. The lowest BCUT2D eigenvalue weighted by molar-refractivity contribution is -0.172. The summed E-state index contributed by atoms with van der Waals surface area (Å²) in [5.41, 5.74) is 13.5. The topological polar surface area (TPSA) is 624 Å². The Labute approximate surface area is 813 Å². The summed E-state index contributed by atoms with van der Waals surface area (Å²) in [7, 11) is 4.02. The number of nitrogens with two attached hydrogens (primary N) is 1. The Bertz CT molecular complexity index is 6450. The third kappa shape index (κ3) is 26.4. The second kappa shape index (κ2) is 47.5. The lowest BCUT2D eigenvalue weighted by Gasteiger charge is -2.31. The van der Waals surface area contributed by atoms with E-state index >= 15 is 0 Å². The number of carboxylic acids is 3. The molecular weight excluding hydrogens is 1850 g/mol. The zero-order valence-electron chi connectivity index (χ0n) is 81.0. The molecule has 0 radical (unpaired) electrons. The van der Waals surface area contributed by atoms with Gasteiger partial charge in [-0.25, -0.2) is 43.9 Å². The number of Topliss-reactive ketones (excluding diaryl/α,β-unsaturated/α-hetero) is 1. The van der Waals surface area contributed by atoms with Crippen LogP contribution in [-0.2, 0) is 78.1 Å². The predicted octanol–water partition coefficient (Wildman–Crippen LogP) is 7.52. The first-order chi connectivity index (χ1) is 67.2. The second-order valence-electron chi connectivity index (χ2n) is 36.5. The molecule has 45 heteroatoms. The average Bonchev–Trinajstić information content (AvgIpc) is 1.55. The number of carbonyl (C=O) groups is 7. The number of carboxylic acid groups (broad SMARTS) is 3. The molecule has 0 spiro atoms. The van der Waals surface area contributed by atoms with Crippen molar-refractivity contribution >= 4 is 104 Å². The van der Waals surface area contributed by atoms with Gasteiger partial charge >= 0.3 is 41.2 Å². The summed E-state index contributed by atoms with van der Waals surface area (Å²) in [6.45, 7) is 23.3. The number of aromatic amines is 1. The number of nitrogens with zero attached hydrogens (tertiary/aromatic N) is 12. The van der Waals surface area contributed by atoms with Crippen LogP contribution in [-0.4, -0.2) is 252 Å². The zero-order chi connectivity index (χ0) is 104. The molecule has 0 bridgehead atoms. The van der Waals surface area contributed by atoms with Gasteiger partial charge in [0.2, 0.25) is 12.2 Å². The molecule has 2 saturated heterocycles. The minimum Gasteiger partial charge on any atom is -0.491 e. The number of aliphatic hydroxyl groups is 6. The highest BCUT2D eigenvalue weighted by Crippen LogP contribution is 2.44. The molecule has 5 aliphatic heterocycles. The van der Waals surface area contributed by atoms with E-state index < -0.39 is 127 Å². The van der Waals surface area contributed by atoms with Crippen LogP contribution in [0.3, 0.4) is 0 Å². The number of H-pyrrole nitrogens is 1. The van der Waals surface area contributed by atoms with Gasteiger partial charge in [0.15, 0.2) is 40.7 Å². The monoisotopic (exact) mass is 1970 g/mol. The number of aromatic nitrogens is 11. The maximum absolute atomic E-state index is 13.9. The highest BCUT2D eigenvalue weighted by molar-refractivity contribution is 6.16. The number of benzene rings is 3. The molecule has 0 aliphatic carbocycles. The number of aryl methyl sites for hydroxylation is 2. The normalized spacial score (nSPS) is 18.9. The zero-order valence-corrected chi connectivity index (χ0v) is 81.0. The van der Waals surface area contributed by atoms with Gasteiger partial charge < -0.3 is 117 Å². The van der Waals surface area contributed by atoms with Crippen LogP contribution < -0.4 is 59.3 Å². The summed E-state index contributed by atoms with van der Waals surface area (Å²) in [6.07, 6.45) is -0.922. The molecular formula is C97H122F2N20O23. The van der Waals surface area contributed by atoms with Crippen LogP contribution in [0.2, 0.25) is 0 Å². The first kappa shape index (κ1) is 108. The van der Waals surface area contributed by atoms with Crippen molar-refractivity contribution in [1.29, 1.82) is 0 Å². The molecule has 3 aromatic carbocycles. The third-order valence-corrected chi connectivity index (χ3v) is 23.1. The molecule has 10 aromatic rings. The fourth-order valence-corrected chi connectivity index (χ4v) is 16.2. The van der Waals surface area contributed by atoms with Crippen molar-refractivity contribution in [3.63, 3.8) is 0 Å². The first-order valence-corrected chi connectivity index (χ1v) is 46.4. The van der Waals surface area contributed by atoms with Gasteiger partial charge in [-0.15, -0.1) is 0 Å². The highest BCUT2D eigenvalue weighted by Gasteiger charge is 2.60. The number of anilines is 5. The second-order valence-corrected chi connectivity index (χ2v) is 36.5. The number of pyridine rings is 2. The number of aliphatic imine (C=N–C) groups is 1. The quantitative estimate of drug-likeness (QED) is 0.0173. The third-order valence-electron chi connectivity index (χ3n) is 23.1. The van der Waals surface area contributed by atoms with Gasteiger partial charge in [-0.3, -0.25) is 33.1 Å². The average molecular weight is 1970 g/mol. The molecule has 0 saturated carbocycles. The van der Waals surface area contributed by atoms with Gasteiger partial charge in [0, 0.05) is 101 Å². The van der Waals surface area contributed by atoms with Crippen LogP contribution in [0.4, 0.5) is 43.7 Å². The minimum absolute atomic E-state index is 0.0255. The Morgan fingerprint density at radius 2 is 1.32 bits per heavy atom. The summed E-state index contributed by atoms with van der Waals surface area (Å²) in [6, 6.07) is 22.2. The Hall–Kier alpha value is -14.1. The first-order valence-electron chi connectivity index (χ1n) is 46.4. The van der Waals surface area contributed by atoms with Crippen LogP contribution in [0.1, 0.15) is 211 Å². The van der Waals surface area contributed by atoms with Crippen molar-refractivity contribution < 1.29 is 107 Å². The van der Waals surface area contributed by atoms with Crippen LogP contribution in [0.5, 0.6) is 5.75 Å². The number of aliphatic hydroxyl groups excluding tert-OH is 5. The molecule has 2 amide bonds. The van der Waals surface area contributed by atoms with Gasteiger partial charge in [-0.05, 0) is 198 Å². The number of halogens is 2. The molecule has 5 aliphatic rings. The lowest BCUT2D eigenvalue weighted by Crippen LogP contribution is -2.44. The van der Waals surface area contributed by atoms with E-state index in [0.29, 0.717) is 130 Å². The van der Waals surface area contributed by atoms with Crippen LogP contribution in [0, 0.1) is 5.92 Å². The van der Waals surface area contributed by atoms with Crippen molar-refractivity contribution in [2.75, 3.05) is 54.3 Å². The number of rotatable bonds is 34. The van der Waals surface area contributed by atoms with E-state index in [4.69, 9.17) is 45.0 Å². The Kier molecular flexibility index (Phi) is 36.2. The van der Waals surface area contributed by atoms with Gasteiger partial charge in [0.25, 0.3) is 17.4 Å². The number of hydrogen-bond acceptors (Lipinski definition) is 34. The molecule has 18 N–H and O–H groups in total. The summed E-state index contributed by atoms with van der Waals surface area (Å²) < 4.78 is 52.6. The fraction of sp³-hybridized carbons (Fsp3) is 0.464. The molecule has 15 rings (SSSR count). The maximum Gasteiger partial charge on any atom is 0.351 e. The van der Waals surface area contributed by atoms with Gasteiger partial charge in [-0.2, -0.15) is 28.7 Å². The van der Waals surface area contributed by atoms with Gasteiger partial charge in [-0.1, -0.05) is 46.2 Å². The number of hydrogen-bond donors (Lipinski definition) is 17. The number of alkyl halides is 2. The number of cyclic esters (lactones) is 1. The number of amides is 2. The SMILES string of the molecule is CC(C)Nc1ccn([C@@H]2O[C@H](CO)[C@H](O)C2(F)F)c(=O)n1.CC(C)Nc1ccn([C@@H]2O[C@H](CO)[C@H](O)C2O)c(=O)n1.CC(C)Nc1nc(N)c2nc(CNc3ccc(C(=O)N[C@@H](CCC(=O)O)C(=O)O)cc3)cnc2n1.CCC[C@H](NC(=O)c1ccc(CCc2c[nH]c3c2C(=O)CC(CC(C)C)=N3)cc1)C(=O)O.CC[C@@]1(O)C(=O)OCc2c1cc1n(c2=O)Cc2cc3c(CN(C)C)c(OC(C)C)ccc3nc2-1. The molecule has 1 unspecified atom stereocenters. The molecule has 762 valence electrons. The summed E-state index contributed by atoms with van der Waals surface area (Å²) in [5.74, 6) is -5.54. The summed E-state index contributed by atoms with van der Waals surface area (Å²) in [5, 5.41) is 103. The Morgan fingerprint density at radius 3 is 1.87 bits per heavy atom. The molecule has 10 atom stereocenters. The summed E-state index contributed by atoms with van der Waals surface area (Å²) in [4.78, 5) is 160. The molecule has 7 aromatic heterocycles. The van der Waals surface area contributed by atoms with Gasteiger partial charge in [0.05, 0.1) is 72.3 Å². The van der Waals surface area contributed by atoms with Crippen molar-refractivity contribution in [3.8, 4) is 17.1 Å². The van der Waals surface area contributed by atoms with E-state index in [-0.39, 0.29) is 78.6 Å². The Balaban J connectivity index is 0.000000172. The summed E-state index contributed by atoms with van der Waals surface area (Å²) >= 11 is 0. The molecule has 12 heterocycles. The molecule has 43 nitrogen and oxygen atoms in total. The number of ether oxygens (including phenoxy) is 4. The maximum atomic E-state index is 13.9. The van der Waals surface area contributed by atoms with Crippen molar-refractivity contribution in [3.05, 3.63) is 197 Å². The van der Waals surface area contributed by atoms with Crippen molar-refractivity contribution in [1.82, 2.24) is 69.1 Å². The van der Waals surface area contributed by atoms with Crippen molar-refractivity contribution in [2.24, 2.45) is 10.9 Å². The van der Waals surface area contributed by atoms with E-state index in [1.54, 1.807) is 54.1 Å². The number of fused-ring (bicyclic) bond motifs is 7. The number of nitrogen functional groups attached to an aromatic ring is 1. The number of esters is 1. The standard InChI is InChI=1S/C26H29N3O5.C25H31N3O4.C22H26N8O5.C12H17F2N3O4.C12H19N3O5/c1-6-26(32)19-10-21-23-15(11-29(21)24(30)18(19)13-33-25(26)31)9-16-17(12-28(4)5)22(34-14(2)3)8-7-20(16)27-23;1-4-5-20(25(31)32)28-24(30)17-9-6-16(7-10-17)8-11-18-14-26-23-22(18)21(29)13-19(27-23)12-15(2)3;1-11(2)26-22-29-18(23)17-19(30-22)25-10-14(27-17)9-24-13-5-3-12(4-6-13)20(33)28-15(21(34)35)7-8-16(31)32;1-6(2)15-8-3-4-17(11(20)16-8)10-12(13,14)9(19)7(5-18)21-10;1-6(2)13-8-3-4-15(12(19)14-8)11-10(18)9(17)7(5-16)20-11/h7-10,14,32H,6,11-13H2,1-5H3;6-7,9-10,14-15,20,26H,4-5,8,11-13H2,1-3H3,(H,28,30)(H,31,32);3-6,10-11,15,24H,7-9H2,1-2H3,(H,28,33)(H,31,32)(H,34,35)(H3,23,25,26,29,30);3-4,6-7,9-10,18-19H,5H2,1-2H3,(H,15,16,20);3-4,6-7,9-11,16-18H,5H2,1-2H3,(H,13,14,19)/t26-;20-;15-;7-,9+,10-;7-,9+,10?,11-/m00011/s1. The molecule has 142 heavy (non-hydrogen) atoms. The smallest absolute Gasteiger partial charge is 0.351 e.